The second-order valence-electron chi connectivity index (χ2n) is 4.31. The van der Waals surface area contributed by atoms with E-state index in [1.807, 2.05) is 0 Å². The topological polar surface area (TPSA) is 121 Å². The second-order valence-corrected chi connectivity index (χ2v) is 5.88. The molecular formula is C12H15NO6S. The molecule has 0 aliphatic carbocycles. The summed E-state index contributed by atoms with van der Waals surface area (Å²) >= 11 is 0. The first-order valence-electron chi connectivity index (χ1n) is 5.74. The Balaban J connectivity index is 2.75. The molecule has 1 atom stereocenters. The van der Waals surface area contributed by atoms with Crippen LogP contribution in [-0.2, 0) is 14.9 Å². The first-order valence-corrected chi connectivity index (χ1v) is 7.35. The Morgan fingerprint density at radius 1 is 1.35 bits per heavy atom. The van der Waals surface area contributed by atoms with Gasteiger partial charge in [0.25, 0.3) is 16.0 Å². The maximum atomic E-state index is 11.8. The summed E-state index contributed by atoms with van der Waals surface area (Å²) in [7, 11) is -4.27. The monoisotopic (exact) mass is 301 g/mol. The van der Waals surface area contributed by atoms with Crippen LogP contribution in [0.1, 0.15) is 22.3 Å². The van der Waals surface area contributed by atoms with Crippen LogP contribution in [-0.4, -0.2) is 41.7 Å². The molecule has 0 heterocycles. The molecule has 0 fully saturated rings. The molecule has 0 radical (unpaired) electrons. The molecule has 0 spiro atoms. The summed E-state index contributed by atoms with van der Waals surface area (Å²) in [5, 5.41) is 11.1. The van der Waals surface area contributed by atoms with Crippen molar-refractivity contribution in [3.8, 4) is 0 Å². The van der Waals surface area contributed by atoms with E-state index in [-0.39, 0.29) is 5.56 Å². The maximum absolute atomic E-state index is 11.8. The number of benzene rings is 1. The largest absolute Gasteiger partial charge is 0.480 e. The normalized spacial score (nSPS) is 12.7. The van der Waals surface area contributed by atoms with Gasteiger partial charge < -0.3 is 10.4 Å². The number of rotatable bonds is 6. The van der Waals surface area contributed by atoms with Gasteiger partial charge in [-0.3, -0.25) is 9.35 Å². The van der Waals surface area contributed by atoms with E-state index < -0.39 is 40.2 Å². The van der Waals surface area contributed by atoms with Crippen molar-refractivity contribution in [3.63, 3.8) is 0 Å². The van der Waals surface area contributed by atoms with E-state index in [0.29, 0.717) is 0 Å². The van der Waals surface area contributed by atoms with Crippen LogP contribution in [0.2, 0.25) is 0 Å². The number of aryl methyl sites for hydroxylation is 1. The molecule has 0 aliphatic heterocycles. The van der Waals surface area contributed by atoms with Crippen molar-refractivity contribution in [2.24, 2.45) is 0 Å². The summed E-state index contributed by atoms with van der Waals surface area (Å²) in [6.07, 6.45) is -0.411. The summed E-state index contributed by atoms with van der Waals surface area (Å²) in [4.78, 5) is 22.8. The third-order valence-corrected chi connectivity index (χ3v) is 3.30. The van der Waals surface area contributed by atoms with Gasteiger partial charge in [0.05, 0.1) is 5.75 Å². The van der Waals surface area contributed by atoms with Crippen molar-refractivity contribution in [2.75, 3.05) is 5.75 Å². The highest BCUT2D eigenvalue weighted by Crippen LogP contribution is 2.05. The Labute approximate surface area is 116 Å². The summed E-state index contributed by atoms with van der Waals surface area (Å²) in [6.45, 7) is 1.78. The third kappa shape index (κ3) is 5.37. The lowest BCUT2D eigenvalue weighted by Crippen LogP contribution is -2.41. The van der Waals surface area contributed by atoms with Crippen molar-refractivity contribution >= 4 is 22.0 Å². The molecule has 8 heteroatoms. The minimum absolute atomic E-state index is 0.281. The average Bonchev–Trinajstić information content (AvgIpc) is 2.32. The number of carboxylic acids is 1. The molecule has 1 amide bonds. The minimum atomic E-state index is -4.27. The van der Waals surface area contributed by atoms with Gasteiger partial charge in [-0.05, 0) is 25.5 Å². The molecule has 0 saturated heterocycles. The van der Waals surface area contributed by atoms with Crippen molar-refractivity contribution in [3.05, 3.63) is 35.4 Å². The van der Waals surface area contributed by atoms with Crippen LogP contribution in [0, 0.1) is 6.92 Å². The highest BCUT2D eigenvalue weighted by Gasteiger charge is 2.22. The number of hydrogen-bond acceptors (Lipinski definition) is 4. The molecule has 3 N–H and O–H groups in total. The fourth-order valence-electron chi connectivity index (χ4n) is 1.55. The Hall–Kier alpha value is -1.93. The van der Waals surface area contributed by atoms with Crippen LogP contribution >= 0.6 is 0 Å². The van der Waals surface area contributed by atoms with Crippen LogP contribution in [0.3, 0.4) is 0 Å². The van der Waals surface area contributed by atoms with Gasteiger partial charge in [-0.1, -0.05) is 17.7 Å². The van der Waals surface area contributed by atoms with E-state index in [0.717, 1.165) is 5.56 Å². The average molecular weight is 301 g/mol. The Bertz CT molecular complexity index is 610. The van der Waals surface area contributed by atoms with E-state index in [1.54, 1.807) is 25.1 Å². The fourth-order valence-corrected chi connectivity index (χ4v) is 2.09. The molecule has 110 valence electrons. The van der Waals surface area contributed by atoms with Crippen LogP contribution in [0.15, 0.2) is 24.3 Å². The van der Waals surface area contributed by atoms with Gasteiger partial charge in [0, 0.05) is 5.56 Å². The third-order valence-electron chi connectivity index (χ3n) is 2.55. The highest BCUT2D eigenvalue weighted by molar-refractivity contribution is 7.85. The van der Waals surface area contributed by atoms with E-state index in [2.05, 4.69) is 5.32 Å². The van der Waals surface area contributed by atoms with Crippen LogP contribution < -0.4 is 5.32 Å². The van der Waals surface area contributed by atoms with Crippen molar-refractivity contribution in [1.29, 1.82) is 0 Å². The molecular weight excluding hydrogens is 286 g/mol. The SMILES string of the molecule is Cc1cccc(C(=O)N[C@@H](CCS(=O)(=O)O)C(=O)O)c1. The molecule has 7 nitrogen and oxygen atoms in total. The van der Waals surface area contributed by atoms with Gasteiger partial charge in [0.2, 0.25) is 0 Å². The van der Waals surface area contributed by atoms with Gasteiger partial charge >= 0.3 is 5.97 Å². The lowest BCUT2D eigenvalue weighted by atomic mass is 10.1. The molecule has 0 saturated carbocycles. The van der Waals surface area contributed by atoms with E-state index in [9.17, 15) is 18.0 Å². The van der Waals surface area contributed by atoms with Gasteiger partial charge in [0.15, 0.2) is 0 Å². The number of aliphatic carboxylic acids is 1. The Morgan fingerprint density at radius 2 is 2.00 bits per heavy atom. The van der Waals surface area contributed by atoms with Crippen LogP contribution in [0.5, 0.6) is 0 Å². The number of carbonyl (C=O) groups is 2. The lowest BCUT2D eigenvalue weighted by molar-refractivity contribution is -0.139. The summed E-state index contributed by atoms with van der Waals surface area (Å²) in [5.41, 5.74) is 1.12. The molecule has 0 bridgehead atoms. The van der Waals surface area contributed by atoms with Crippen molar-refractivity contribution < 1.29 is 27.7 Å². The quantitative estimate of drug-likeness (QED) is 0.656. The number of carbonyl (C=O) groups excluding carboxylic acids is 1. The smallest absolute Gasteiger partial charge is 0.326 e. The van der Waals surface area contributed by atoms with E-state index >= 15 is 0 Å². The maximum Gasteiger partial charge on any atom is 0.326 e. The molecule has 0 unspecified atom stereocenters. The van der Waals surface area contributed by atoms with Crippen LogP contribution in [0.25, 0.3) is 0 Å². The number of nitrogens with one attached hydrogen (secondary N) is 1. The van der Waals surface area contributed by atoms with Gasteiger partial charge in [-0.15, -0.1) is 0 Å². The second kappa shape index (κ2) is 6.49. The summed E-state index contributed by atoms with van der Waals surface area (Å²) in [5.74, 6) is -2.72. The van der Waals surface area contributed by atoms with Gasteiger partial charge in [-0.25, -0.2) is 4.79 Å². The zero-order valence-corrected chi connectivity index (χ0v) is 11.6. The predicted octanol–water partition coefficient (Wildman–Crippen LogP) is 0.456. The first kappa shape index (κ1) is 16.1. The molecule has 0 aromatic heterocycles. The molecule has 1 rings (SSSR count). The molecule has 1 aromatic rings. The number of carboxylic acid groups (broad SMARTS) is 1. The zero-order chi connectivity index (χ0) is 15.3. The molecule has 0 aliphatic rings. The highest BCUT2D eigenvalue weighted by atomic mass is 32.2. The number of hydrogen-bond donors (Lipinski definition) is 3. The van der Waals surface area contributed by atoms with E-state index in [1.165, 1.54) is 6.07 Å². The van der Waals surface area contributed by atoms with Crippen molar-refractivity contribution in [1.82, 2.24) is 5.32 Å². The Morgan fingerprint density at radius 3 is 2.50 bits per heavy atom. The summed E-state index contributed by atoms with van der Waals surface area (Å²) < 4.78 is 29.8. The standard InChI is InChI=1S/C12H15NO6S/c1-8-3-2-4-9(7-8)11(14)13-10(12(15)16)5-6-20(17,18)19/h2-4,7,10H,5-6H2,1H3,(H,13,14)(H,15,16)(H,17,18,19)/t10-/m0/s1. The van der Waals surface area contributed by atoms with Gasteiger partial charge in [-0.2, -0.15) is 8.42 Å². The summed E-state index contributed by atoms with van der Waals surface area (Å²) in [6, 6.07) is 5.15. The minimum Gasteiger partial charge on any atom is -0.480 e. The van der Waals surface area contributed by atoms with Crippen molar-refractivity contribution in [2.45, 2.75) is 19.4 Å². The molecule has 20 heavy (non-hydrogen) atoms. The van der Waals surface area contributed by atoms with Crippen LogP contribution in [0.4, 0.5) is 0 Å². The van der Waals surface area contributed by atoms with Gasteiger partial charge in [0.1, 0.15) is 6.04 Å². The zero-order valence-electron chi connectivity index (χ0n) is 10.7. The fraction of sp³-hybridized carbons (Fsp3) is 0.333. The Kier molecular flexibility index (Phi) is 5.23. The molecule has 1 aromatic carbocycles. The van der Waals surface area contributed by atoms with E-state index in [4.69, 9.17) is 9.66 Å². The lowest BCUT2D eigenvalue weighted by Gasteiger charge is -2.13. The first-order chi connectivity index (χ1) is 9.19. The predicted molar refractivity (Wildman–Crippen MR) is 71.1 cm³/mol. The number of amides is 1.